The van der Waals surface area contributed by atoms with Gasteiger partial charge in [-0.2, -0.15) is 0 Å². The van der Waals surface area contributed by atoms with Crippen LogP contribution in [0.2, 0.25) is 0 Å². The Labute approximate surface area is 200 Å². The molecule has 1 saturated heterocycles. The first-order valence-corrected chi connectivity index (χ1v) is 11.7. The van der Waals surface area contributed by atoms with Gasteiger partial charge in [-0.25, -0.2) is 0 Å². The van der Waals surface area contributed by atoms with Gasteiger partial charge < -0.3 is 10.2 Å². The molecule has 0 aliphatic carbocycles. The monoisotopic (exact) mass is 455 g/mol. The summed E-state index contributed by atoms with van der Waals surface area (Å²) in [7, 11) is 0. The van der Waals surface area contributed by atoms with Gasteiger partial charge >= 0.3 is 5.91 Å². The molecule has 3 aromatic rings. The predicted molar refractivity (Wildman–Crippen MR) is 135 cm³/mol. The van der Waals surface area contributed by atoms with E-state index in [0.29, 0.717) is 5.56 Å². The summed E-state index contributed by atoms with van der Waals surface area (Å²) in [5, 5.41) is 2.96. The van der Waals surface area contributed by atoms with Crippen LogP contribution in [0.5, 0.6) is 0 Å². The maximum atomic E-state index is 13.0. The second-order valence-corrected chi connectivity index (χ2v) is 8.45. The first-order chi connectivity index (χ1) is 16.5. The van der Waals surface area contributed by atoms with Crippen LogP contribution in [0.4, 0.5) is 5.69 Å². The lowest BCUT2D eigenvalue weighted by molar-refractivity contribution is -0.596. The molecule has 2 N–H and O–H groups in total. The van der Waals surface area contributed by atoms with Crippen molar-refractivity contribution in [3.8, 4) is 0 Å². The number of carbonyl (C=O) groups excluding carboxylic acids is 2. The van der Waals surface area contributed by atoms with Gasteiger partial charge in [-0.3, -0.25) is 9.59 Å². The van der Waals surface area contributed by atoms with Crippen molar-refractivity contribution in [2.45, 2.75) is 32.9 Å². The zero-order valence-electron chi connectivity index (χ0n) is 19.9. The van der Waals surface area contributed by atoms with Gasteiger partial charge in [-0.15, -0.1) is 10.1 Å². The summed E-state index contributed by atoms with van der Waals surface area (Å²) < 4.78 is 1.80. The van der Waals surface area contributed by atoms with Gasteiger partial charge in [0, 0.05) is 35.5 Å². The van der Waals surface area contributed by atoms with Crippen molar-refractivity contribution in [1.82, 2.24) is 10.7 Å². The average molecular weight is 456 g/mol. The van der Waals surface area contributed by atoms with Crippen LogP contribution in [0.3, 0.4) is 0 Å². The Kier molecular flexibility index (Phi) is 7.07. The molecule has 0 aromatic heterocycles. The minimum absolute atomic E-state index is 0.245. The molecule has 1 fully saturated rings. The third-order valence-corrected chi connectivity index (χ3v) is 6.15. The maximum Gasteiger partial charge on any atom is 0.304 e. The summed E-state index contributed by atoms with van der Waals surface area (Å²) in [6.07, 6.45) is 1.92. The largest absolute Gasteiger partial charge is 0.372 e. The van der Waals surface area contributed by atoms with Gasteiger partial charge in [-0.05, 0) is 57.2 Å². The number of carbonyl (C=O) groups is 2. The minimum Gasteiger partial charge on any atom is -0.372 e. The zero-order valence-corrected chi connectivity index (χ0v) is 19.9. The third-order valence-electron chi connectivity index (χ3n) is 6.15. The van der Waals surface area contributed by atoms with Crippen LogP contribution in [0.25, 0.3) is 0 Å². The van der Waals surface area contributed by atoms with E-state index in [-0.39, 0.29) is 17.9 Å². The molecule has 4 rings (SSSR count). The van der Waals surface area contributed by atoms with Crippen molar-refractivity contribution in [1.29, 1.82) is 0 Å². The molecule has 6 nitrogen and oxygen atoms in total. The molecule has 2 atom stereocenters. The van der Waals surface area contributed by atoms with Crippen LogP contribution in [-0.4, -0.2) is 41.8 Å². The van der Waals surface area contributed by atoms with Crippen LogP contribution >= 0.6 is 0 Å². The number of aryl methyl sites for hydroxylation is 1. The van der Waals surface area contributed by atoms with Crippen molar-refractivity contribution in [2.75, 3.05) is 18.0 Å². The highest BCUT2D eigenvalue weighted by Crippen LogP contribution is 2.25. The van der Waals surface area contributed by atoms with Crippen LogP contribution in [0.15, 0.2) is 78.9 Å². The molecule has 174 valence electrons. The summed E-state index contributed by atoms with van der Waals surface area (Å²) >= 11 is 0. The van der Waals surface area contributed by atoms with Gasteiger partial charge in [0.1, 0.15) is 0 Å². The highest BCUT2D eigenvalue weighted by Gasteiger charge is 2.47. The van der Waals surface area contributed by atoms with Crippen molar-refractivity contribution >= 4 is 23.7 Å². The fourth-order valence-corrected chi connectivity index (χ4v) is 4.36. The Morgan fingerprint density at radius 1 is 1.00 bits per heavy atom. The molecule has 2 amide bonds. The normalized spacial score (nSPS) is 18.6. The van der Waals surface area contributed by atoms with E-state index in [1.165, 1.54) is 0 Å². The molecule has 0 spiro atoms. The molecule has 0 bridgehead atoms. The van der Waals surface area contributed by atoms with Gasteiger partial charge in [0.25, 0.3) is 5.91 Å². The van der Waals surface area contributed by atoms with Gasteiger partial charge in [0.15, 0.2) is 6.04 Å². The molecule has 1 aliphatic heterocycles. The maximum absolute atomic E-state index is 13.0. The number of benzene rings is 3. The number of anilines is 1. The molecule has 34 heavy (non-hydrogen) atoms. The lowest BCUT2D eigenvalue weighted by Crippen LogP contribution is -2.42. The highest BCUT2D eigenvalue weighted by molar-refractivity contribution is 5.98. The van der Waals surface area contributed by atoms with Crippen LogP contribution in [0, 0.1) is 6.92 Å². The molecular weight excluding hydrogens is 424 g/mol. The Morgan fingerprint density at radius 3 is 2.35 bits per heavy atom. The number of hydrazone groups is 1. The average Bonchev–Trinajstić information content (AvgIpc) is 3.15. The minimum atomic E-state index is -0.735. The fraction of sp³-hybridized carbons (Fsp3) is 0.250. The number of amides is 2. The van der Waals surface area contributed by atoms with Crippen molar-refractivity contribution < 1.29 is 14.3 Å². The van der Waals surface area contributed by atoms with Crippen molar-refractivity contribution in [3.63, 3.8) is 0 Å². The van der Waals surface area contributed by atoms with E-state index in [9.17, 15) is 9.59 Å². The lowest BCUT2D eigenvalue weighted by atomic mass is 9.99. The molecule has 0 unspecified atom stereocenters. The number of hydrogen-bond donors (Lipinski definition) is 2. The Bertz CT molecular complexity index is 1180. The summed E-state index contributed by atoms with van der Waals surface area (Å²) in [4.78, 5) is 28.3. The van der Waals surface area contributed by atoms with E-state index in [4.69, 9.17) is 0 Å². The van der Waals surface area contributed by atoms with Crippen LogP contribution < -0.4 is 15.6 Å². The number of hydrogen-bond acceptors (Lipinski definition) is 3. The first-order valence-electron chi connectivity index (χ1n) is 11.7. The summed E-state index contributed by atoms with van der Waals surface area (Å²) in [6, 6.07) is 24.3. The van der Waals surface area contributed by atoms with Gasteiger partial charge in [0.05, 0.1) is 0 Å². The van der Waals surface area contributed by atoms with Gasteiger partial charge in [0.2, 0.25) is 12.3 Å². The first kappa shape index (κ1) is 23.2. The Balaban J connectivity index is 1.65. The quantitative estimate of drug-likeness (QED) is 0.532. The zero-order chi connectivity index (χ0) is 24.1. The number of nitrogens with one attached hydrogen (secondary N) is 2. The topological polar surface area (TPSA) is 64.5 Å². The predicted octanol–water partition coefficient (Wildman–Crippen LogP) is 3.86. The molecular formula is C28H31N4O2+. The molecule has 3 aromatic carbocycles. The van der Waals surface area contributed by atoms with E-state index >= 15 is 0 Å². The van der Waals surface area contributed by atoms with E-state index < -0.39 is 6.04 Å². The second kappa shape index (κ2) is 10.3. The SMILES string of the molecule is CCN(CC)c1ccc(/C=[N+]2\NC(=O)[C@H](NC(=O)c3cccc(C)c3)[C@H]2c2ccccc2)cc1. The van der Waals surface area contributed by atoms with Crippen molar-refractivity contribution in [3.05, 3.63) is 101 Å². The lowest BCUT2D eigenvalue weighted by Gasteiger charge is -2.20. The fourth-order valence-electron chi connectivity index (χ4n) is 4.36. The number of rotatable bonds is 7. The Hall–Kier alpha value is -3.93. The van der Waals surface area contributed by atoms with E-state index in [0.717, 1.165) is 35.5 Å². The second-order valence-electron chi connectivity index (χ2n) is 8.45. The summed E-state index contributed by atoms with van der Waals surface area (Å²) in [5.74, 6) is -0.513. The molecule has 1 aliphatic rings. The molecule has 1 heterocycles. The summed E-state index contributed by atoms with van der Waals surface area (Å²) in [6.45, 7) is 8.10. The highest BCUT2D eigenvalue weighted by atomic mass is 16.2. The third kappa shape index (κ3) is 5.01. The standard InChI is InChI=1S/C28H30N4O2/c1-4-31(5-2)24-16-14-21(15-17-24)19-32-26(22-11-7-6-8-12-22)25(28(34)30-32)29-27(33)23-13-9-10-20(3)18-23/h6-19,25-26H,4-5H2,1-3H3,(H-,29,30,33,34)/p+1/t25-,26-/m1/s1. The van der Waals surface area contributed by atoms with Crippen molar-refractivity contribution in [2.24, 2.45) is 0 Å². The van der Waals surface area contributed by atoms with Gasteiger partial charge in [-0.1, -0.05) is 48.0 Å². The number of nitrogens with zero attached hydrogens (tertiary/aromatic N) is 2. The van der Waals surface area contributed by atoms with Crippen LogP contribution in [-0.2, 0) is 4.79 Å². The van der Waals surface area contributed by atoms with Crippen LogP contribution in [0.1, 0.15) is 46.9 Å². The van der Waals surface area contributed by atoms with E-state index in [2.05, 4.69) is 41.6 Å². The molecule has 6 heteroatoms. The number of hydrazine groups is 1. The van der Waals surface area contributed by atoms with E-state index in [1.807, 2.05) is 73.8 Å². The molecule has 0 saturated carbocycles. The molecule has 0 radical (unpaired) electrons. The smallest absolute Gasteiger partial charge is 0.304 e. The summed E-state index contributed by atoms with van der Waals surface area (Å²) in [5.41, 5.74) is 7.53. The van der Waals surface area contributed by atoms with E-state index in [1.54, 1.807) is 10.8 Å². The Morgan fingerprint density at radius 2 is 1.71 bits per heavy atom.